The summed E-state index contributed by atoms with van der Waals surface area (Å²) in [7, 11) is 0. The predicted octanol–water partition coefficient (Wildman–Crippen LogP) is 0.529. The first-order valence-electron chi connectivity index (χ1n) is 11.5. The van der Waals surface area contributed by atoms with E-state index in [1.165, 1.54) is 17.1 Å². The minimum Gasteiger partial charge on any atom is -0.396 e. The van der Waals surface area contributed by atoms with Crippen LogP contribution in [-0.4, -0.2) is 76.2 Å². The molecular weight excluding hydrogens is 428 g/mol. The number of aliphatic hydroxyl groups is 1. The highest BCUT2D eigenvalue weighted by atomic mass is 16.7. The van der Waals surface area contributed by atoms with E-state index in [0.717, 1.165) is 16.2 Å². The minimum atomic E-state index is -1.64. The summed E-state index contributed by atoms with van der Waals surface area (Å²) in [4.78, 5) is 59.0. The van der Waals surface area contributed by atoms with Crippen LogP contribution in [0.3, 0.4) is 0 Å². The van der Waals surface area contributed by atoms with Crippen molar-refractivity contribution in [1.82, 2.24) is 20.6 Å². The van der Waals surface area contributed by atoms with Crippen LogP contribution in [0.25, 0.3) is 0 Å². The maximum atomic E-state index is 13.3. The number of piperazine rings is 1. The molecule has 3 fully saturated rings. The van der Waals surface area contributed by atoms with E-state index < -0.39 is 23.1 Å². The average Bonchev–Trinajstić information content (AvgIpc) is 2.78. The Labute approximate surface area is 193 Å². The van der Waals surface area contributed by atoms with Gasteiger partial charge in [-0.25, -0.2) is 9.90 Å². The van der Waals surface area contributed by atoms with Crippen LogP contribution in [-0.2, 0) is 24.0 Å². The number of nitrogens with zero attached hydrogens (tertiary/aromatic N) is 2. The van der Waals surface area contributed by atoms with Crippen molar-refractivity contribution in [2.45, 2.75) is 70.6 Å². The Bertz CT molecular complexity index is 884. The first-order valence-corrected chi connectivity index (χ1v) is 11.5. The highest BCUT2D eigenvalue weighted by molar-refractivity contribution is 6.02. The Hall–Kier alpha value is -2.72. The quantitative estimate of drug-likeness (QED) is 0.512. The Balaban J connectivity index is 1.74. The molecule has 33 heavy (non-hydrogen) atoms. The van der Waals surface area contributed by atoms with Gasteiger partial charge in [0.25, 0.3) is 11.8 Å². The van der Waals surface area contributed by atoms with Crippen molar-refractivity contribution in [2.24, 2.45) is 0 Å². The van der Waals surface area contributed by atoms with Gasteiger partial charge >= 0.3 is 0 Å². The van der Waals surface area contributed by atoms with Crippen LogP contribution in [0, 0.1) is 0 Å². The molecule has 3 saturated heterocycles. The fraction of sp³-hybridized carbons (Fsp3) is 0.652. The van der Waals surface area contributed by atoms with Crippen LogP contribution in [0.1, 0.15) is 59.3 Å². The van der Waals surface area contributed by atoms with Gasteiger partial charge < -0.3 is 20.6 Å². The molecule has 3 aliphatic heterocycles. The molecule has 0 aliphatic carbocycles. The van der Waals surface area contributed by atoms with E-state index in [1.54, 1.807) is 6.92 Å². The van der Waals surface area contributed by atoms with Crippen LogP contribution in [0.5, 0.6) is 0 Å². The normalized spacial score (nSPS) is 28.7. The smallest absolute Gasteiger partial charge is 0.276 e. The molecule has 2 unspecified atom stereocenters. The third-order valence-electron chi connectivity index (χ3n) is 6.48. The number of nitrogens with one attached hydrogen (secondary N) is 2. The van der Waals surface area contributed by atoms with Crippen molar-refractivity contribution in [1.29, 1.82) is 0 Å². The summed E-state index contributed by atoms with van der Waals surface area (Å²) in [5, 5.41) is 15.8. The lowest BCUT2D eigenvalue weighted by atomic mass is 9.83. The van der Waals surface area contributed by atoms with E-state index in [0.29, 0.717) is 45.2 Å². The van der Waals surface area contributed by atoms with Crippen LogP contribution >= 0.6 is 0 Å². The van der Waals surface area contributed by atoms with Crippen LogP contribution < -0.4 is 10.6 Å². The molecule has 0 radical (unpaired) electrons. The molecule has 0 aromatic rings. The summed E-state index contributed by atoms with van der Waals surface area (Å²) in [6.07, 6.45) is 5.71. The molecule has 0 aromatic carbocycles. The van der Waals surface area contributed by atoms with E-state index in [-0.39, 0.29) is 31.4 Å². The van der Waals surface area contributed by atoms with Gasteiger partial charge in [0.1, 0.15) is 5.54 Å². The number of carbonyl (C=O) groups excluding carboxylic acids is 4. The summed E-state index contributed by atoms with van der Waals surface area (Å²) in [5.74, 6) is -1.57. The molecule has 2 atom stereocenters. The highest BCUT2D eigenvalue weighted by Crippen LogP contribution is 2.32. The van der Waals surface area contributed by atoms with Crippen molar-refractivity contribution in [3.05, 3.63) is 23.3 Å². The zero-order chi connectivity index (χ0) is 24.2. The monoisotopic (exact) mass is 462 g/mol. The van der Waals surface area contributed by atoms with Gasteiger partial charge in [0.05, 0.1) is 6.54 Å². The molecule has 182 valence electrons. The molecule has 3 heterocycles. The summed E-state index contributed by atoms with van der Waals surface area (Å²) in [5.41, 5.74) is -1.27. The van der Waals surface area contributed by atoms with Crippen molar-refractivity contribution in [3.8, 4) is 0 Å². The standard InChI is InChI=1S/C23H34N4O6/c1-4-16(2)13-19(30)27-11-6-9-23(33-27)21(32)24-22(20(31)25-23)8-5-10-26(15-22)18(29)14-17(3)7-12-28/h13-14,28H,4-12,15H2,1-3H3,(H,24,32)(H,25,31)/b16-13+,17-14+. The topological polar surface area (TPSA) is 128 Å². The molecule has 10 heteroatoms. The second kappa shape index (κ2) is 10.0. The summed E-state index contributed by atoms with van der Waals surface area (Å²) in [6.45, 7) is 6.33. The van der Waals surface area contributed by atoms with Gasteiger partial charge in [-0.3, -0.25) is 19.2 Å². The van der Waals surface area contributed by atoms with E-state index in [2.05, 4.69) is 10.6 Å². The molecule has 0 saturated carbocycles. The lowest BCUT2D eigenvalue weighted by molar-refractivity contribution is -0.264. The average molecular weight is 463 g/mol. The molecule has 3 rings (SSSR count). The molecule has 2 spiro atoms. The van der Waals surface area contributed by atoms with Crippen molar-refractivity contribution in [3.63, 3.8) is 0 Å². The number of hydrogen-bond donors (Lipinski definition) is 3. The summed E-state index contributed by atoms with van der Waals surface area (Å²) < 4.78 is 0. The van der Waals surface area contributed by atoms with Gasteiger partial charge in [0.2, 0.25) is 17.5 Å². The lowest BCUT2D eigenvalue weighted by Gasteiger charge is -2.50. The van der Waals surface area contributed by atoms with Crippen LogP contribution in [0.15, 0.2) is 23.3 Å². The maximum Gasteiger partial charge on any atom is 0.276 e. The Morgan fingerprint density at radius 2 is 1.73 bits per heavy atom. The SMILES string of the molecule is CC/C(C)=C/C(=O)N1CCCC2(NC(=O)C3(CCCN(C(=O)/C=C(\C)CCO)C3)NC2=O)O1. The number of likely N-dealkylation sites (tertiary alicyclic amines) is 1. The van der Waals surface area contributed by atoms with E-state index in [1.807, 2.05) is 13.8 Å². The zero-order valence-electron chi connectivity index (χ0n) is 19.6. The molecule has 0 bridgehead atoms. The zero-order valence-corrected chi connectivity index (χ0v) is 19.6. The third kappa shape index (κ3) is 5.27. The molecule has 3 aliphatic rings. The van der Waals surface area contributed by atoms with Crippen molar-refractivity contribution in [2.75, 3.05) is 26.2 Å². The maximum absolute atomic E-state index is 13.3. The number of piperidine rings is 1. The largest absolute Gasteiger partial charge is 0.396 e. The highest BCUT2D eigenvalue weighted by Gasteiger charge is 2.58. The van der Waals surface area contributed by atoms with Crippen molar-refractivity contribution >= 4 is 23.6 Å². The van der Waals surface area contributed by atoms with Gasteiger partial charge in [-0.05, 0) is 46.0 Å². The number of carbonyl (C=O) groups is 4. The molecule has 10 nitrogen and oxygen atoms in total. The number of allylic oxidation sites excluding steroid dienone is 1. The van der Waals surface area contributed by atoms with Crippen LogP contribution in [0.4, 0.5) is 0 Å². The van der Waals surface area contributed by atoms with Gasteiger partial charge in [0.15, 0.2) is 0 Å². The Morgan fingerprint density at radius 3 is 2.42 bits per heavy atom. The molecule has 4 amide bonds. The van der Waals surface area contributed by atoms with Gasteiger partial charge in [0, 0.05) is 38.3 Å². The number of aliphatic hydroxyl groups excluding tert-OH is 1. The minimum absolute atomic E-state index is 0.0451. The van der Waals surface area contributed by atoms with Gasteiger partial charge in [-0.1, -0.05) is 18.1 Å². The number of hydrogen-bond acceptors (Lipinski definition) is 6. The van der Waals surface area contributed by atoms with Crippen molar-refractivity contribution < 1.29 is 29.1 Å². The first-order chi connectivity index (χ1) is 15.6. The van der Waals surface area contributed by atoms with Gasteiger partial charge in [-0.2, -0.15) is 0 Å². The molecular formula is C23H34N4O6. The first kappa shape index (κ1) is 24.9. The number of amides is 4. The second-order valence-electron chi connectivity index (χ2n) is 9.12. The van der Waals surface area contributed by atoms with Crippen LogP contribution in [0.2, 0.25) is 0 Å². The van der Waals surface area contributed by atoms with E-state index >= 15 is 0 Å². The fourth-order valence-corrected chi connectivity index (χ4v) is 4.35. The number of hydroxylamine groups is 2. The summed E-state index contributed by atoms with van der Waals surface area (Å²) in [6, 6.07) is 0. The Kier molecular flexibility index (Phi) is 7.58. The second-order valence-corrected chi connectivity index (χ2v) is 9.12. The predicted molar refractivity (Wildman–Crippen MR) is 119 cm³/mol. The van der Waals surface area contributed by atoms with E-state index in [4.69, 9.17) is 9.94 Å². The summed E-state index contributed by atoms with van der Waals surface area (Å²) >= 11 is 0. The fourth-order valence-electron chi connectivity index (χ4n) is 4.35. The molecule has 0 aromatic heterocycles. The third-order valence-corrected chi connectivity index (χ3v) is 6.48. The van der Waals surface area contributed by atoms with Gasteiger partial charge in [-0.15, -0.1) is 0 Å². The van der Waals surface area contributed by atoms with E-state index in [9.17, 15) is 19.2 Å². The molecule has 3 N–H and O–H groups in total. The lowest BCUT2D eigenvalue weighted by Crippen LogP contribution is -2.80. The number of rotatable bonds is 5. The Morgan fingerprint density at radius 1 is 1.03 bits per heavy atom.